The molecule has 182 valence electrons. The fourth-order valence-electron chi connectivity index (χ4n) is 3.07. The van der Waals surface area contributed by atoms with Crippen molar-refractivity contribution in [3.05, 3.63) is 62.2 Å². The SMILES string of the molecule is COc1ccc(F)cc1C(O)Cn1cc(/C(C)=N/OC(C)C)c(=O)n(CC(OC)OC)c1=O. The lowest BCUT2D eigenvalue weighted by atomic mass is 10.1. The van der Waals surface area contributed by atoms with Gasteiger partial charge in [0.2, 0.25) is 0 Å². The highest BCUT2D eigenvalue weighted by molar-refractivity contribution is 5.97. The van der Waals surface area contributed by atoms with E-state index in [4.69, 9.17) is 19.0 Å². The van der Waals surface area contributed by atoms with Crippen LogP contribution in [0.25, 0.3) is 0 Å². The molecule has 0 amide bonds. The van der Waals surface area contributed by atoms with Crippen molar-refractivity contribution in [2.24, 2.45) is 5.16 Å². The molecular weight excluding hydrogens is 437 g/mol. The number of halogens is 1. The van der Waals surface area contributed by atoms with Gasteiger partial charge in [-0.15, -0.1) is 0 Å². The van der Waals surface area contributed by atoms with Crippen molar-refractivity contribution in [2.45, 2.75) is 52.4 Å². The third-order valence-electron chi connectivity index (χ3n) is 4.81. The van der Waals surface area contributed by atoms with Gasteiger partial charge in [-0.25, -0.2) is 9.18 Å². The van der Waals surface area contributed by atoms with Gasteiger partial charge in [0.25, 0.3) is 5.56 Å². The number of aliphatic hydroxyl groups is 1. The van der Waals surface area contributed by atoms with Crippen molar-refractivity contribution in [1.29, 1.82) is 0 Å². The average molecular weight is 467 g/mol. The third kappa shape index (κ3) is 6.50. The smallest absolute Gasteiger partial charge is 0.331 e. The maximum atomic E-state index is 13.8. The molecule has 1 aromatic carbocycles. The Morgan fingerprint density at radius 1 is 1.15 bits per heavy atom. The predicted molar refractivity (Wildman–Crippen MR) is 119 cm³/mol. The highest BCUT2D eigenvalue weighted by Crippen LogP contribution is 2.26. The second-order valence-electron chi connectivity index (χ2n) is 7.53. The van der Waals surface area contributed by atoms with Crippen molar-refractivity contribution < 1.29 is 28.5 Å². The molecule has 1 unspecified atom stereocenters. The van der Waals surface area contributed by atoms with E-state index in [9.17, 15) is 19.1 Å². The van der Waals surface area contributed by atoms with Crippen LogP contribution in [-0.4, -0.2) is 53.7 Å². The standard InChI is InChI=1S/C22H30FN3O7/c1-13(2)33-24-14(3)17-10-25(22(29)26(21(17)28)12-20(31-5)32-6)11-18(27)16-9-15(23)7-8-19(16)30-4/h7-10,13,18,20,27H,11-12H2,1-6H3/b24-14+. The summed E-state index contributed by atoms with van der Waals surface area (Å²) in [5, 5.41) is 14.7. The van der Waals surface area contributed by atoms with Gasteiger partial charge in [-0.05, 0) is 39.0 Å². The molecule has 0 fully saturated rings. The van der Waals surface area contributed by atoms with Crippen LogP contribution in [0.5, 0.6) is 5.75 Å². The molecule has 1 atom stereocenters. The van der Waals surface area contributed by atoms with Crippen molar-refractivity contribution in [3.8, 4) is 5.75 Å². The van der Waals surface area contributed by atoms with Crippen LogP contribution >= 0.6 is 0 Å². The highest BCUT2D eigenvalue weighted by atomic mass is 19.1. The molecule has 11 heteroatoms. The van der Waals surface area contributed by atoms with Gasteiger partial charge in [0, 0.05) is 26.0 Å². The molecular formula is C22H30FN3O7. The van der Waals surface area contributed by atoms with Gasteiger partial charge in [-0.1, -0.05) is 5.16 Å². The summed E-state index contributed by atoms with van der Waals surface area (Å²) < 4.78 is 31.3. The molecule has 1 heterocycles. The molecule has 0 aliphatic rings. The molecule has 0 aliphatic carbocycles. The molecule has 0 bridgehead atoms. The van der Waals surface area contributed by atoms with E-state index >= 15 is 0 Å². The Bertz CT molecular complexity index is 1090. The number of ether oxygens (including phenoxy) is 3. The minimum absolute atomic E-state index is 0.0830. The summed E-state index contributed by atoms with van der Waals surface area (Å²) in [6.07, 6.45) is -1.11. The number of aliphatic hydroxyl groups excluding tert-OH is 1. The lowest BCUT2D eigenvalue weighted by molar-refractivity contribution is -0.112. The Morgan fingerprint density at radius 2 is 1.82 bits per heavy atom. The van der Waals surface area contributed by atoms with Gasteiger partial charge in [0.05, 0.1) is 31.5 Å². The van der Waals surface area contributed by atoms with Gasteiger partial charge in [0.1, 0.15) is 23.8 Å². The van der Waals surface area contributed by atoms with Crippen molar-refractivity contribution >= 4 is 5.71 Å². The van der Waals surface area contributed by atoms with Gasteiger partial charge in [-0.2, -0.15) is 0 Å². The Morgan fingerprint density at radius 3 is 2.39 bits per heavy atom. The summed E-state index contributed by atoms with van der Waals surface area (Å²) in [6.45, 7) is 4.64. The van der Waals surface area contributed by atoms with Crippen LogP contribution in [0.3, 0.4) is 0 Å². The first kappa shape index (κ1) is 26.2. The number of oxime groups is 1. The molecule has 33 heavy (non-hydrogen) atoms. The van der Waals surface area contributed by atoms with Crippen LogP contribution in [0.4, 0.5) is 4.39 Å². The van der Waals surface area contributed by atoms with E-state index in [1.54, 1.807) is 20.8 Å². The van der Waals surface area contributed by atoms with Crippen LogP contribution in [0.2, 0.25) is 0 Å². The van der Waals surface area contributed by atoms with Crippen LogP contribution in [-0.2, 0) is 27.4 Å². The van der Waals surface area contributed by atoms with Crippen LogP contribution < -0.4 is 16.0 Å². The fraction of sp³-hybridized carbons (Fsp3) is 0.500. The topological polar surface area (TPSA) is 114 Å². The summed E-state index contributed by atoms with van der Waals surface area (Å²) in [6, 6.07) is 3.70. The Hall–Kier alpha value is -3.02. The Balaban J connectivity index is 2.60. The molecule has 10 nitrogen and oxygen atoms in total. The van der Waals surface area contributed by atoms with Crippen LogP contribution in [0, 0.1) is 5.82 Å². The lowest BCUT2D eigenvalue weighted by Crippen LogP contribution is -2.45. The first-order valence-corrected chi connectivity index (χ1v) is 10.2. The Labute approximate surface area is 190 Å². The molecule has 2 rings (SSSR count). The fourth-order valence-corrected chi connectivity index (χ4v) is 3.07. The normalized spacial score (nSPS) is 13.0. The number of nitrogens with zero attached hydrogens (tertiary/aromatic N) is 3. The quantitative estimate of drug-likeness (QED) is 0.304. The van der Waals surface area contributed by atoms with E-state index in [1.165, 1.54) is 39.7 Å². The van der Waals surface area contributed by atoms with E-state index in [0.29, 0.717) is 0 Å². The van der Waals surface area contributed by atoms with Gasteiger partial charge >= 0.3 is 5.69 Å². The third-order valence-corrected chi connectivity index (χ3v) is 4.81. The largest absolute Gasteiger partial charge is 0.496 e. The summed E-state index contributed by atoms with van der Waals surface area (Å²) >= 11 is 0. The number of rotatable bonds is 11. The van der Waals surface area contributed by atoms with Crippen LogP contribution in [0.1, 0.15) is 38.0 Å². The van der Waals surface area contributed by atoms with Crippen molar-refractivity contribution in [1.82, 2.24) is 9.13 Å². The van der Waals surface area contributed by atoms with E-state index in [2.05, 4.69) is 5.16 Å². The minimum atomic E-state index is -1.31. The van der Waals surface area contributed by atoms with E-state index < -0.39 is 29.5 Å². The van der Waals surface area contributed by atoms with E-state index in [1.807, 2.05) is 0 Å². The molecule has 0 spiro atoms. The van der Waals surface area contributed by atoms with Gasteiger partial charge < -0.3 is 24.2 Å². The Kier molecular flexibility index (Phi) is 9.32. The summed E-state index contributed by atoms with van der Waals surface area (Å²) in [4.78, 5) is 31.4. The maximum Gasteiger partial charge on any atom is 0.331 e. The first-order valence-electron chi connectivity index (χ1n) is 10.2. The zero-order valence-corrected chi connectivity index (χ0v) is 19.6. The minimum Gasteiger partial charge on any atom is -0.496 e. The van der Waals surface area contributed by atoms with E-state index in [0.717, 1.165) is 15.2 Å². The van der Waals surface area contributed by atoms with Gasteiger partial charge in [-0.3, -0.25) is 13.9 Å². The summed E-state index contributed by atoms with van der Waals surface area (Å²) in [5.41, 5.74) is -0.861. The predicted octanol–water partition coefficient (Wildman–Crippen LogP) is 1.66. The van der Waals surface area contributed by atoms with Crippen LogP contribution in [0.15, 0.2) is 39.1 Å². The van der Waals surface area contributed by atoms with Crippen molar-refractivity contribution in [2.75, 3.05) is 21.3 Å². The summed E-state index contributed by atoms with van der Waals surface area (Å²) in [5.74, 6) is -0.313. The first-order chi connectivity index (χ1) is 15.6. The number of aromatic nitrogens is 2. The summed E-state index contributed by atoms with van der Waals surface area (Å²) in [7, 11) is 4.15. The zero-order chi connectivity index (χ0) is 24.7. The van der Waals surface area contributed by atoms with Gasteiger partial charge in [0.15, 0.2) is 6.29 Å². The number of hydrogen-bond acceptors (Lipinski definition) is 8. The lowest BCUT2D eigenvalue weighted by Gasteiger charge is -2.20. The molecule has 1 N–H and O–H groups in total. The maximum absolute atomic E-state index is 13.8. The van der Waals surface area contributed by atoms with Crippen molar-refractivity contribution in [3.63, 3.8) is 0 Å². The molecule has 0 saturated carbocycles. The number of benzene rings is 1. The molecule has 2 aromatic rings. The average Bonchev–Trinajstić information content (AvgIpc) is 2.79. The molecule has 1 aromatic heterocycles. The highest BCUT2D eigenvalue weighted by Gasteiger charge is 2.21. The second kappa shape index (κ2) is 11.7. The number of methoxy groups -OCH3 is 3. The molecule has 0 radical (unpaired) electrons. The number of hydrogen-bond donors (Lipinski definition) is 1. The molecule has 0 saturated heterocycles. The zero-order valence-electron chi connectivity index (χ0n) is 19.6. The second-order valence-corrected chi connectivity index (χ2v) is 7.53. The monoisotopic (exact) mass is 467 g/mol. The van der Waals surface area contributed by atoms with E-state index in [-0.39, 0.29) is 41.8 Å². The molecule has 0 aliphatic heterocycles.